The first-order valence-corrected chi connectivity index (χ1v) is 10.2. The Hall–Kier alpha value is 0.355. The van der Waals surface area contributed by atoms with Crippen molar-refractivity contribution in [2.24, 2.45) is 46.3 Å². The van der Waals surface area contributed by atoms with Crippen molar-refractivity contribution in [3.63, 3.8) is 0 Å². The molecule has 0 radical (unpaired) electrons. The van der Waals surface area contributed by atoms with Gasteiger partial charge in [0.25, 0.3) is 6.13 Å². The van der Waals surface area contributed by atoms with Crippen LogP contribution < -0.4 is 0 Å². The van der Waals surface area contributed by atoms with Crippen LogP contribution in [0.25, 0.3) is 0 Å². The summed E-state index contributed by atoms with van der Waals surface area (Å²) in [5.41, 5.74) is 1.18. The van der Waals surface area contributed by atoms with E-state index in [1.165, 1.54) is 25.7 Å². The third-order valence-electron chi connectivity index (χ3n) is 9.64. The lowest BCUT2D eigenvalue weighted by Gasteiger charge is -2.65. The predicted octanol–water partition coefficient (Wildman–Crippen LogP) is 6.36. The van der Waals surface area contributed by atoms with Crippen LogP contribution in [0.2, 0.25) is 11.6 Å². The molecule has 0 aromatic rings. The molecule has 8 atom stereocenters. The van der Waals surface area contributed by atoms with Crippen LogP contribution in [-0.4, -0.2) is 6.13 Å². The maximum absolute atomic E-state index is 7.19. The van der Waals surface area contributed by atoms with Gasteiger partial charge in [0.1, 0.15) is 0 Å². The van der Waals surface area contributed by atoms with E-state index in [2.05, 4.69) is 41.5 Å². The Balaban J connectivity index is 1.49. The highest BCUT2D eigenvalue weighted by Crippen LogP contribution is 2.69. The van der Waals surface area contributed by atoms with Gasteiger partial charge in [0.05, 0.1) is 0 Å². The molecule has 2 heteroatoms. The number of hydrogen-bond acceptors (Lipinski definition) is 0. The molecule has 4 bridgehead atoms. The number of fused-ring (bicyclic) bond motifs is 4. The highest BCUT2D eigenvalue weighted by Gasteiger charge is 2.62. The first-order chi connectivity index (χ1) is 10.2. The van der Waals surface area contributed by atoms with E-state index >= 15 is 0 Å². The van der Waals surface area contributed by atoms with E-state index in [9.17, 15) is 0 Å². The second-order valence-electron chi connectivity index (χ2n) is 10.7. The van der Waals surface area contributed by atoms with Crippen LogP contribution >= 0.6 is 11.5 Å². The van der Waals surface area contributed by atoms with Gasteiger partial charge in [-0.05, 0) is 70.8 Å². The van der Waals surface area contributed by atoms with Crippen molar-refractivity contribution >= 4 is 17.6 Å². The standard InChI is InChI=1S/C20H34BCl/c1-11-15-7-13(19(15,3)4)9-17(11)21(22)18-10-14-8-16(12(18)2)20(14,5)6/h11-18H,7-10H2,1-6H3/t11-,12+,13+,14-,15-,16+,17?,18?. The molecule has 6 aliphatic rings. The highest BCUT2D eigenvalue weighted by molar-refractivity contribution is 7.08. The van der Waals surface area contributed by atoms with Crippen molar-refractivity contribution in [3.8, 4) is 0 Å². The van der Waals surface area contributed by atoms with E-state index in [-0.39, 0.29) is 0 Å². The third kappa shape index (κ3) is 1.84. The first-order valence-electron chi connectivity index (χ1n) is 9.79. The van der Waals surface area contributed by atoms with Crippen LogP contribution in [0.4, 0.5) is 0 Å². The normalized spacial score (nSPS) is 54.1. The van der Waals surface area contributed by atoms with E-state index < -0.39 is 0 Å². The predicted molar refractivity (Wildman–Crippen MR) is 97.4 cm³/mol. The van der Waals surface area contributed by atoms with E-state index in [1.54, 1.807) is 0 Å². The fraction of sp³-hybridized carbons (Fsp3) is 1.00. The first kappa shape index (κ1) is 15.9. The Morgan fingerprint density at radius 3 is 1.36 bits per heavy atom. The van der Waals surface area contributed by atoms with Crippen LogP contribution in [0.15, 0.2) is 0 Å². The molecular formula is C20H34BCl. The monoisotopic (exact) mass is 320 g/mol. The maximum Gasteiger partial charge on any atom is 0.257 e. The summed E-state index contributed by atoms with van der Waals surface area (Å²) in [6.07, 6.45) is 6.20. The maximum atomic E-state index is 7.19. The van der Waals surface area contributed by atoms with Crippen LogP contribution in [0, 0.1) is 46.3 Å². The van der Waals surface area contributed by atoms with Crippen LogP contribution in [0.3, 0.4) is 0 Å². The van der Waals surface area contributed by atoms with Crippen LogP contribution in [0.5, 0.6) is 0 Å². The van der Waals surface area contributed by atoms with Crippen molar-refractivity contribution in [2.45, 2.75) is 78.9 Å². The summed E-state index contributed by atoms with van der Waals surface area (Å²) >= 11 is 7.19. The summed E-state index contributed by atoms with van der Waals surface area (Å²) in [7, 11) is 0. The molecule has 0 heterocycles. The Labute approximate surface area is 143 Å². The summed E-state index contributed by atoms with van der Waals surface area (Å²) in [5.74, 6) is 7.00. The third-order valence-corrected chi connectivity index (χ3v) is 10.3. The van der Waals surface area contributed by atoms with E-state index in [1.807, 2.05) is 0 Å². The Kier molecular flexibility index (Phi) is 3.39. The zero-order chi connectivity index (χ0) is 16.0. The van der Waals surface area contributed by atoms with E-state index in [0.717, 1.165) is 47.1 Å². The van der Waals surface area contributed by atoms with Gasteiger partial charge in [0, 0.05) is 0 Å². The van der Waals surface area contributed by atoms with Gasteiger partial charge in [-0.15, -0.1) is 0 Å². The molecule has 0 aromatic carbocycles. The van der Waals surface area contributed by atoms with Gasteiger partial charge < -0.3 is 0 Å². The molecule has 0 aliphatic heterocycles. The molecule has 0 aromatic heterocycles. The fourth-order valence-electron chi connectivity index (χ4n) is 7.54. The average molecular weight is 321 g/mol. The quantitative estimate of drug-likeness (QED) is 0.519. The second-order valence-corrected chi connectivity index (χ2v) is 11.2. The molecule has 6 fully saturated rings. The number of hydrogen-bond donors (Lipinski definition) is 0. The molecule has 6 rings (SSSR count). The van der Waals surface area contributed by atoms with Crippen molar-refractivity contribution in [3.05, 3.63) is 0 Å². The van der Waals surface area contributed by atoms with E-state index in [4.69, 9.17) is 11.5 Å². The lowest BCUT2D eigenvalue weighted by Crippen LogP contribution is -2.58. The van der Waals surface area contributed by atoms with Gasteiger partial charge in [0.2, 0.25) is 0 Å². The van der Waals surface area contributed by atoms with Crippen LogP contribution in [0.1, 0.15) is 67.2 Å². The number of halogens is 1. The van der Waals surface area contributed by atoms with Gasteiger partial charge in [-0.1, -0.05) is 54.4 Å². The summed E-state index contributed by atoms with van der Waals surface area (Å²) in [4.78, 5) is 0. The lowest BCUT2D eigenvalue weighted by atomic mass is 9.30. The average Bonchev–Trinajstić information content (AvgIpc) is 2.45. The molecular weight excluding hydrogens is 286 g/mol. The largest absolute Gasteiger partial charge is 0.257 e. The summed E-state index contributed by atoms with van der Waals surface area (Å²) in [6.45, 7) is 15.0. The molecule has 0 spiro atoms. The van der Waals surface area contributed by atoms with Gasteiger partial charge in [-0.3, -0.25) is 0 Å². The van der Waals surface area contributed by atoms with Crippen molar-refractivity contribution in [1.29, 1.82) is 0 Å². The number of rotatable bonds is 2. The zero-order valence-electron chi connectivity index (χ0n) is 15.4. The van der Waals surface area contributed by atoms with Crippen LogP contribution in [-0.2, 0) is 0 Å². The summed E-state index contributed by atoms with van der Waals surface area (Å²) in [6, 6.07) is 0. The lowest BCUT2D eigenvalue weighted by molar-refractivity contribution is -0.106. The molecule has 6 aliphatic carbocycles. The van der Waals surface area contributed by atoms with E-state index in [0.29, 0.717) is 17.0 Å². The topological polar surface area (TPSA) is 0 Å². The molecule has 0 saturated heterocycles. The SMILES string of the molecule is C[C@@H]1C(B(Cl)C2C[C@@H]3C[C@H]([C@H]2C)C3(C)C)C[C@H]2C[C@@H]1C2(C)C. The van der Waals surface area contributed by atoms with Gasteiger partial charge >= 0.3 is 0 Å². The van der Waals surface area contributed by atoms with Crippen molar-refractivity contribution in [2.75, 3.05) is 0 Å². The summed E-state index contributed by atoms with van der Waals surface area (Å²) in [5, 5.41) is 0. The second kappa shape index (κ2) is 4.71. The molecule has 124 valence electrons. The highest BCUT2D eigenvalue weighted by atomic mass is 35.5. The molecule has 0 amide bonds. The molecule has 2 unspecified atom stereocenters. The zero-order valence-corrected chi connectivity index (χ0v) is 16.2. The minimum atomic E-state index is 0.438. The minimum Gasteiger partial charge on any atom is -0.195 e. The summed E-state index contributed by atoms with van der Waals surface area (Å²) < 4.78 is 0. The molecule has 22 heavy (non-hydrogen) atoms. The Morgan fingerprint density at radius 1 is 0.727 bits per heavy atom. The molecule has 6 saturated carbocycles. The molecule has 0 N–H and O–H groups in total. The van der Waals surface area contributed by atoms with Gasteiger partial charge in [-0.2, -0.15) is 11.5 Å². The van der Waals surface area contributed by atoms with Gasteiger partial charge in [-0.25, -0.2) is 0 Å². The fourth-order valence-corrected chi connectivity index (χ4v) is 8.20. The Bertz CT molecular complexity index is 428. The van der Waals surface area contributed by atoms with Crippen molar-refractivity contribution < 1.29 is 0 Å². The van der Waals surface area contributed by atoms with Gasteiger partial charge in [0.15, 0.2) is 0 Å². The molecule has 0 nitrogen and oxygen atoms in total. The van der Waals surface area contributed by atoms with Crippen molar-refractivity contribution in [1.82, 2.24) is 0 Å². The minimum absolute atomic E-state index is 0.438. The smallest absolute Gasteiger partial charge is 0.195 e. The Morgan fingerprint density at radius 2 is 1.09 bits per heavy atom.